The maximum Gasteiger partial charge on any atom is 0.295 e. The smallest absolute Gasteiger partial charge is 0.268 e. The predicted molar refractivity (Wildman–Crippen MR) is 57.8 cm³/mol. The summed E-state index contributed by atoms with van der Waals surface area (Å²) in [5, 5.41) is 3.79. The van der Waals surface area contributed by atoms with Crippen molar-refractivity contribution in [3.8, 4) is 0 Å². The van der Waals surface area contributed by atoms with E-state index in [0.717, 1.165) is 4.68 Å². The van der Waals surface area contributed by atoms with Crippen LogP contribution < -0.4 is 11.0 Å². The monoisotopic (exact) mass is 225 g/mol. The van der Waals surface area contributed by atoms with Crippen LogP contribution in [0.25, 0.3) is 0 Å². The maximum absolute atomic E-state index is 11.5. The third-order valence-corrected chi connectivity index (χ3v) is 1.64. The van der Waals surface area contributed by atoms with Crippen LogP contribution in [0.5, 0.6) is 0 Å². The zero-order chi connectivity index (χ0) is 12.3. The van der Waals surface area contributed by atoms with Gasteiger partial charge in [0, 0.05) is 13.1 Å². The predicted octanol–water partition coefficient (Wildman–Crippen LogP) is 0.240. The fraction of sp³-hybridized carbons (Fsp3) is 0.500. The van der Waals surface area contributed by atoms with Gasteiger partial charge in [0.25, 0.3) is 11.5 Å². The lowest BCUT2D eigenvalue weighted by Gasteiger charge is -2.18. The quantitative estimate of drug-likeness (QED) is 0.732. The average Bonchev–Trinajstić information content (AvgIpc) is 2.17. The summed E-state index contributed by atoms with van der Waals surface area (Å²) in [6.07, 6.45) is 0. The van der Waals surface area contributed by atoms with Crippen molar-refractivity contribution in [1.82, 2.24) is 15.3 Å². The van der Waals surface area contributed by atoms with Crippen molar-refractivity contribution in [3.63, 3.8) is 0 Å². The fourth-order valence-electron chi connectivity index (χ4n) is 0.875. The van der Waals surface area contributed by atoms with E-state index >= 15 is 0 Å². The number of hydrogen-bond acceptors (Lipinski definition) is 4. The molecule has 1 amide bonds. The maximum atomic E-state index is 11.5. The van der Waals surface area contributed by atoms with Crippen LogP contribution in [-0.2, 0) is 11.9 Å². The van der Waals surface area contributed by atoms with E-state index in [1.807, 2.05) is 0 Å². The lowest BCUT2D eigenvalue weighted by atomic mass is 10.2. The van der Waals surface area contributed by atoms with E-state index in [-0.39, 0.29) is 11.3 Å². The molecule has 0 aliphatic carbocycles. The Balaban J connectivity index is 2.74. The number of amides is 1. The van der Waals surface area contributed by atoms with Crippen LogP contribution in [0.4, 0.5) is 0 Å². The number of hydroxylamine groups is 1. The van der Waals surface area contributed by atoms with Gasteiger partial charge in [0.1, 0.15) is 0 Å². The lowest BCUT2D eigenvalue weighted by Crippen LogP contribution is -2.35. The van der Waals surface area contributed by atoms with Gasteiger partial charge >= 0.3 is 0 Å². The summed E-state index contributed by atoms with van der Waals surface area (Å²) in [5.41, 5.74) is 1.65. The first-order valence-corrected chi connectivity index (χ1v) is 4.82. The van der Waals surface area contributed by atoms with Gasteiger partial charge in [0.15, 0.2) is 5.69 Å². The molecule has 0 atom stereocenters. The van der Waals surface area contributed by atoms with Gasteiger partial charge in [-0.05, 0) is 26.8 Å². The number of aryl methyl sites for hydroxylation is 1. The van der Waals surface area contributed by atoms with Crippen LogP contribution in [0.2, 0.25) is 0 Å². The summed E-state index contributed by atoms with van der Waals surface area (Å²) >= 11 is 0. The molecule has 88 valence electrons. The van der Waals surface area contributed by atoms with Crippen molar-refractivity contribution < 1.29 is 9.63 Å². The minimum atomic E-state index is -0.481. The number of aromatic nitrogens is 2. The third kappa shape index (κ3) is 3.47. The van der Waals surface area contributed by atoms with Crippen molar-refractivity contribution in [3.05, 3.63) is 28.2 Å². The van der Waals surface area contributed by atoms with Crippen LogP contribution >= 0.6 is 0 Å². The van der Waals surface area contributed by atoms with Gasteiger partial charge in [0.2, 0.25) is 0 Å². The molecule has 6 heteroatoms. The minimum absolute atomic E-state index is 0.131. The van der Waals surface area contributed by atoms with Crippen molar-refractivity contribution in [2.24, 2.45) is 7.05 Å². The second-order valence-corrected chi connectivity index (χ2v) is 4.33. The molecule has 0 aromatic carbocycles. The van der Waals surface area contributed by atoms with Gasteiger partial charge in [-0.1, -0.05) is 0 Å². The van der Waals surface area contributed by atoms with Crippen molar-refractivity contribution >= 4 is 5.91 Å². The first-order valence-electron chi connectivity index (χ1n) is 4.82. The van der Waals surface area contributed by atoms with E-state index in [4.69, 9.17) is 4.84 Å². The van der Waals surface area contributed by atoms with Crippen molar-refractivity contribution in [2.75, 3.05) is 0 Å². The highest BCUT2D eigenvalue weighted by atomic mass is 16.7. The largest absolute Gasteiger partial charge is 0.295 e. The fourth-order valence-corrected chi connectivity index (χ4v) is 0.875. The molecule has 1 aromatic rings. The molecule has 0 aliphatic rings. The van der Waals surface area contributed by atoms with Crippen molar-refractivity contribution in [2.45, 2.75) is 26.4 Å². The Labute approximate surface area is 93.2 Å². The van der Waals surface area contributed by atoms with Gasteiger partial charge in [-0.25, -0.2) is 10.2 Å². The molecular formula is C10H15N3O3. The molecule has 6 nitrogen and oxygen atoms in total. The van der Waals surface area contributed by atoms with Gasteiger partial charge < -0.3 is 0 Å². The van der Waals surface area contributed by atoms with E-state index in [0.29, 0.717) is 0 Å². The second-order valence-electron chi connectivity index (χ2n) is 4.33. The van der Waals surface area contributed by atoms with Gasteiger partial charge in [0.05, 0.1) is 5.60 Å². The molecule has 1 rings (SSSR count). The summed E-state index contributed by atoms with van der Waals surface area (Å²) in [6, 6.07) is 2.63. The Morgan fingerprint density at radius 2 is 2.06 bits per heavy atom. The van der Waals surface area contributed by atoms with Crippen molar-refractivity contribution in [1.29, 1.82) is 0 Å². The Bertz CT molecular complexity index is 445. The zero-order valence-corrected chi connectivity index (χ0v) is 9.77. The van der Waals surface area contributed by atoms with E-state index in [9.17, 15) is 9.59 Å². The van der Waals surface area contributed by atoms with Gasteiger partial charge in [-0.2, -0.15) is 5.10 Å². The molecule has 1 heterocycles. The third-order valence-electron chi connectivity index (χ3n) is 1.64. The summed E-state index contributed by atoms with van der Waals surface area (Å²) in [7, 11) is 1.48. The van der Waals surface area contributed by atoms with Crippen LogP contribution in [0, 0.1) is 0 Å². The van der Waals surface area contributed by atoms with E-state index < -0.39 is 11.5 Å². The van der Waals surface area contributed by atoms with Gasteiger partial charge in [-0.15, -0.1) is 0 Å². The van der Waals surface area contributed by atoms with E-state index in [1.54, 1.807) is 20.8 Å². The topological polar surface area (TPSA) is 73.2 Å². The Hall–Kier alpha value is -1.69. The molecule has 0 spiro atoms. The first kappa shape index (κ1) is 12.4. The Morgan fingerprint density at radius 3 is 2.56 bits per heavy atom. The number of nitrogens with one attached hydrogen (secondary N) is 1. The molecule has 0 saturated carbocycles. The molecule has 0 fully saturated rings. The molecule has 16 heavy (non-hydrogen) atoms. The molecule has 0 aliphatic heterocycles. The van der Waals surface area contributed by atoms with Crippen LogP contribution in [-0.4, -0.2) is 21.3 Å². The Kier molecular flexibility index (Phi) is 3.44. The molecule has 0 radical (unpaired) electrons. The van der Waals surface area contributed by atoms with E-state index in [1.165, 1.54) is 19.2 Å². The number of carbonyl (C=O) groups excluding carboxylic acids is 1. The number of rotatable bonds is 2. The molecule has 1 aromatic heterocycles. The number of carbonyl (C=O) groups is 1. The highest BCUT2D eigenvalue weighted by Crippen LogP contribution is 2.04. The molecular weight excluding hydrogens is 210 g/mol. The first-order chi connectivity index (χ1) is 7.29. The summed E-state index contributed by atoms with van der Waals surface area (Å²) in [4.78, 5) is 27.7. The van der Waals surface area contributed by atoms with E-state index in [2.05, 4.69) is 10.6 Å². The molecule has 0 saturated heterocycles. The zero-order valence-electron chi connectivity index (χ0n) is 9.77. The summed E-state index contributed by atoms with van der Waals surface area (Å²) in [5.74, 6) is -0.481. The van der Waals surface area contributed by atoms with Crippen LogP contribution in [0.1, 0.15) is 31.3 Å². The van der Waals surface area contributed by atoms with Gasteiger partial charge in [-0.3, -0.25) is 14.4 Å². The molecule has 0 unspecified atom stereocenters. The number of nitrogens with zero attached hydrogens (tertiary/aromatic N) is 2. The number of hydrogen-bond donors (Lipinski definition) is 1. The summed E-state index contributed by atoms with van der Waals surface area (Å²) in [6.45, 7) is 5.42. The SMILES string of the molecule is Cn1nc(C(=O)NOC(C)(C)C)ccc1=O. The minimum Gasteiger partial charge on any atom is -0.268 e. The highest BCUT2D eigenvalue weighted by molar-refractivity contribution is 5.91. The summed E-state index contributed by atoms with van der Waals surface area (Å²) < 4.78 is 1.09. The molecule has 0 bridgehead atoms. The average molecular weight is 225 g/mol. The standard InChI is InChI=1S/C10H15N3O3/c1-10(2,3)16-12-9(15)7-5-6-8(14)13(4)11-7/h5-6H,1-4H3,(H,12,15). The Morgan fingerprint density at radius 1 is 1.44 bits per heavy atom. The normalized spacial score (nSPS) is 11.2. The molecule has 1 N–H and O–H groups in total. The lowest BCUT2D eigenvalue weighted by molar-refractivity contribution is -0.0592. The van der Waals surface area contributed by atoms with Crippen LogP contribution in [0.3, 0.4) is 0 Å². The second kappa shape index (κ2) is 4.44. The van der Waals surface area contributed by atoms with Crippen LogP contribution in [0.15, 0.2) is 16.9 Å². The highest BCUT2D eigenvalue weighted by Gasteiger charge is 2.15.